The van der Waals surface area contributed by atoms with Gasteiger partial charge in [-0.1, -0.05) is 25.5 Å². The van der Waals surface area contributed by atoms with Crippen LogP contribution in [0.15, 0.2) is 18.2 Å². The van der Waals surface area contributed by atoms with Gasteiger partial charge in [0.2, 0.25) is 0 Å². The first-order valence-electron chi connectivity index (χ1n) is 5.17. The van der Waals surface area contributed by atoms with Gasteiger partial charge in [-0.3, -0.25) is 0 Å². The number of halogens is 1. The lowest BCUT2D eigenvalue weighted by Gasteiger charge is -2.05. The van der Waals surface area contributed by atoms with E-state index >= 15 is 0 Å². The molecule has 0 aromatic heterocycles. The number of benzene rings is 1. The molecule has 0 fully saturated rings. The Morgan fingerprint density at radius 2 is 2.27 bits per heavy atom. The average molecular weight is 206 g/mol. The molecule has 0 unspecified atom stereocenters. The number of nitrogens with zero attached hydrogens (tertiary/aromatic N) is 1. The maximum atomic E-state index is 13.5. The minimum atomic E-state index is -0.399. The van der Waals surface area contributed by atoms with E-state index in [0.29, 0.717) is 12.1 Å². The molecular weight excluding hydrogens is 191 g/mol. The molecule has 1 aromatic rings. The van der Waals surface area contributed by atoms with E-state index in [1.807, 2.05) is 6.07 Å². The Bertz CT molecular complexity index is 355. The van der Waals surface area contributed by atoms with E-state index in [9.17, 15) is 4.39 Å². The van der Waals surface area contributed by atoms with Crippen LogP contribution in [0, 0.1) is 17.1 Å². The van der Waals surface area contributed by atoms with Crippen LogP contribution < -0.4 is 5.32 Å². The lowest BCUT2D eigenvalue weighted by atomic mass is 10.1. The SMILES string of the molecule is CCCCNCc1cccc(C#N)c1F. The molecular formula is C12H15FN2. The van der Waals surface area contributed by atoms with Crippen LogP contribution in [0.5, 0.6) is 0 Å². The zero-order chi connectivity index (χ0) is 11.1. The van der Waals surface area contributed by atoms with Crippen molar-refractivity contribution in [2.24, 2.45) is 0 Å². The van der Waals surface area contributed by atoms with Crippen molar-refractivity contribution in [1.82, 2.24) is 5.32 Å². The van der Waals surface area contributed by atoms with Crippen molar-refractivity contribution in [3.05, 3.63) is 35.1 Å². The van der Waals surface area contributed by atoms with Gasteiger partial charge in [0.15, 0.2) is 0 Å². The van der Waals surface area contributed by atoms with Crippen LogP contribution in [-0.4, -0.2) is 6.54 Å². The highest BCUT2D eigenvalue weighted by molar-refractivity contribution is 5.34. The van der Waals surface area contributed by atoms with Gasteiger partial charge in [0.1, 0.15) is 11.9 Å². The van der Waals surface area contributed by atoms with Gasteiger partial charge < -0.3 is 5.32 Å². The Morgan fingerprint density at radius 1 is 1.47 bits per heavy atom. The third-order valence-corrected chi connectivity index (χ3v) is 2.22. The van der Waals surface area contributed by atoms with Crippen LogP contribution in [0.4, 0.5) is 4.39 Å². The highest BCUT2D eigenvalue weighted by Crippen LogP contribution is 2.11. The van der Waals surface area contributed by atoms with Gasteiger partial charge >= 0.3 is 0 Å². The zero-order valence-corrected chi connectivity index (χ0v) is 8.89. The topological polar surface area (TPSA) is 35.8 Å². The minimum absolute atomic E-state index is 0.116. The zero-order valence-electron chi connectivity index (χ0n) is 8.89. The van der Waals surface area contributed by atoms with Crippen LogP contribution >= 0.6 is 0 Å². The van der Waals surface area contributed by atoms with Gasteiger partial charge in [-0.2, -0.15) is 5.26 Å². The number of hydrogen-bond acceptors (Lipinski definition) is 2. The molecule has 0 aliphatic rings. The van der Waals surface area contributed by atoms with E-state index in [-0.39, 0.29) is 5.56 Å². The van der Waals surface area contributed by atoms with Gasteiger partial charge in [-0.05, 0) is 19.0 Å². The fourth-order valence-electron chi connectivity index (χ4n) is 1.33. The number of unbranched alkanes of at least 4 members (excludes halogenated alkanes) is 1. The molecule has 1 N–H and O–H groups in total. The lowest BCUT2D eigenvalue weighted by molar-refractivity contribution is 0.577. The second-order valence-corrected chi connectivity index (χ2v) is 3.42. The van der Waals surface area contributed by atoms with Crippen molar-refractivity contribution in [3.8, 4) is 6.07 Å². The average Bonchev–Trinajstić information content (AvgIpc) is 2.26. The fraction of sp³-hybridized carbons (Fsp3) is 0.417. The molecule has 0 heterocycles. The molecule has 1 rings (SSSR count). The molecule has 0 atom stereocenters. The van der Waals surface area contributed by atoms with Crippen LogP contribution in [0.1, 0.15) is 30.9 Å². The molecule has 0 saturated carbocycles. The van der Waals surface area contributed by atoms with Gasteiger partial charge in [-0.25, -0.2) is 4.39 Å². The number of hydrogen-bond donors (Lipinski definition) is 1. The number of nitriles is 1. The molecule has 0 saturated heterocycles. The normalized spacial score (nSPS) is 9.93. The Kier molecular flexibility index (Phi) is 4.79. The first-order valence-corrected chi connectivity index (χ1v) is 5.17. The van der Waals surface area contributed by atoms with Crippen LogP contribution in [0.3, 0.4) is 0 Å². The first-order chi connectivity index (χ1) is 7.29. The Balaban J connectivity index is 2.58. The molecule has 3 heteroatoms. The Hall–Kier alpha value is -1.40. The largest absolute Gasteiger partial charge is 0.313 e. The number of nitrogens with one attached hydrogen (secondary N) is 1. The third kappa shape index (κ3) is 3.34. The van der Waals surface area contributed by atoms with Crippen LogP contribution in [0.25, 0.3) is 0 Å². The summed E-state index contributed by atoms with van der Waals surface area (Å²) in [7, 11) is 0. The van der Waals surface area contributed by atoms with Gasteiger partial charge in [0, 0.05) is 12.1 Å². The number of rotatable bonds is 5. The van der Waals surface area contributed by atoms with Crippen molar-refractivity contribution in [1.29, 1.82) is 5.26 Å². The molecule has 0 amide bonds. The summed E-state index contributed by atoms with van der Waals surface area (Å²) in [6.45, 7) is 3.48. The van der Waals surface area contributed by atoms with E-state index in [1.54, 1.807) is 12.1 Å². The van der Waals surface area contributed by atoms with Crippen molar-refractivity contribution < 1.29 is 4.39 Å². The van der Waals surface area contributed by atoms with Gasteiger partial charge in [0.25, 0.3) is 0 Å². The van der Waals surface area contributed by atoms with Crippen molar-refractivity contribution >= 4 is 0 Å². The molecule has 2 nitrogen and oxygen atoms in total. The quantitative estimate of drug-likeness (QED) is 0.751. The van der Waals surface area contributed by atoms with E-state index < -0.39 is 5.82 Å². The summed E-state index contributed by atoms with van der Waals surface area (Å²) in [5.74, 6) is -0.399. The maximum Gasteiger partial charge on any atom is 0.145 e. The molecule has 0 aliphatic heterocycles. The Labute approximate surface area is 89.7 Å². The molecule has 0 aliphatic carbocycles. The van der Waals surface area contributed by atoms with Gasteiger partial charge in [-0.15, -0.1) is 0 Å². The summed E-state index contributed by atoms with van der Waals surface area (Å²) in [5, 5.41) is 11.8. The predicted octanol–water partition coefficient (Wildman–Crippen LogP) is 2.59. The summed E-state index contributed by atoms with van der Waals surface area (Å²) in [5.41, 5.74) is 0.676. The van der Waals surface area contributed by atoms with E-state index in [1.165, 1.54) is 6.07 Å². The standard InChI is InChI=1S/C12H15FN2/c1-2-3-7-15-9-11-6-4-5-10(8-14)12(11)13/h4-6,15H,2-3,7,9H2,1H3. The summed E-state index contributed by atoms with van der Waals surface area (Å²) >= 11 is 0. The highest BCUT2D eigenvalue weighted by atomic mass is 19.1. The van der Waals surface area contributed by atoms with E-state index in [4.69, 9.17) is 5.26 Å². The lowest BCUT2D eigenvalue weighted by Crippen LogP contribution is -2.15. The second-order valence-electron chi connectivity index (χ2n) is 3.42. The highest BCUT2D eigenvalue weighted by Gasteiger charge is 2.06. The second kappa shape index (κ2) is 6.15. The summed E-state index contributed by atoms with van der Waals surface area (Å²) < 4.78 is 13.5. The van der Waals surface area contributed by atoms with Crippen LogP contribution in [-0.2, 0) is 6.54 Å². The minimum Gasteiger partial charge on any atom is -0.313 e. The molecule has 80 valence electrons. The predicted molar refractivity (Wildman–Crippen MR) is 57.7 cm³/mol. The smallest absolute Gasteiger partial charge is 0.145 e. The van der Waals surface area contributed by atoms with Gasteiger partial charge in [0.05, 0.1) is 5.56 Å². The molecule has 0 radical (unpaired) electrons. The maximum absolute atomic E-state index is 13.5. The summed E-state index contributed by atoms with van der Waals surface area (Å²) in [6.07, 6.45) is 2.20. The molecule has 0 spiro atoms. The van der Waals surface area contributed by atoms with Crippen molar-refractivity contribution in [2.75, 3.05) is 6.54 Å². The molecule has 0 bridgehead atoms. The summed E-state index contributed by atoms with van der Waals surface area (Å²) in [6, 6.07) is 6.74. The van der Waals surface area contributed by atoms with E-state index in [0.717, 1.165) is 19.4 Å². The first kappa shape index (κ1) is 11.7. The third-order valence-electron chi connectivity index (χ3n) is 2.22. The Morgan fingerprint density at radius 3 is 2.93 bits per heavy atom. The molecule has 15 heavy (non-hydrogen) atoms. The van der Waals surface area contributed by atoms with Crippen molar-refractivity contribution in [2.45, 2.75) is 26.3 Å². The fourth-order valence-corrected chi connectivity index (χ4v) is 1.33. The monoisotopic (exact) mass is 206 g/mol. The van der Waals surface area contributed by atoms with E-state index in [2.05, 4.69) is 12.2 Å². The van der Waals surface area contributed by atoms with Crippen molar-refractivity contribution in [3.63, 3.8) is 0 Å². The molecule has 1 aromatic carbocycles. The summed E-state index contributed by atoms with van der Waals surface area (Å²) in [4.78, 5) is 0. The van der Waals surface area contributed by atoms with Crippen LogP contribution in [0.2, 0.25) is 0 Å².